The molecule has 6 heteroatoms. The van der Waals surface area contributed by atoms with Crippen molar-refractivity contribution in [3.05, 3.63) is 69.8 Å². The maximum atomic E-state index is 11.5. The van der Waals surface area contributed by atoms with Gasteiger partial charge in [0, 0.05) is 16.1 Å². The van der Waals surface area contributed by atoms with Crippen molar-refractivity contribution in [3.8, 4) is 16.9 Å². The summed E-state index contributed by atoms with van der Waals surface area (Å²) in [6.07, 6.45) is 0. The van der Waals surface area contributed by atoms with Gasteiger partial charge in [0.1, 0.15) is 0 Å². The van der Waals surface area contributed by atoms with Crippen LogP contribution in [0.5, 0.6) is 0 Å². The van der Waals surface area contributed by atoms with E-state index in [0.717, 1.165) is 5.56 Å². The van der Waals surface area contributed by atoms with Crippen LogP contribution in [-0.2, 0) is 0 Å². The number of hydrogen-bond acceptors (Lipinski definition) is 2. The summed E-state index contributed by atoms with van der Waals surface area (Å²) in [6.45, 7) is 1.73. The van der Waals surface area contributed by atoms with Crippen molar-refractivity contribution >= 4 is 29.2 Å². The van der Waals surface area contributed by atoms with Crippen LogP contribution >= 0.6 is 23.2 Å². The first-order valence-electron chi connectivity index (χ1n) is 6.83. The highest BCUT2D eigenvalue weighted by Gasteiger charge is 2.22. The number of halogens is 2. The summed E-state index contributed by atoms with van der Waals surface area (Å²) in [5.41, 5.74) is 2.67. The number of nitrogens with zero attached hydrogens (tertiary/aromatic N) is 2. The minimum absolute atomic E-state index is 0.00475. The third-order valence-electron chi connectivity index (χ3n) is 3.52. The number of rotatable bonds is 3. The van der Waals surface area contributed by atoms with Crippen LogP contribution in [0.15, 0.2) is 48.5 Å². The molecule has 0 aliphatic heterocycles. The van der Waals surface area contributed by atoms with Crippen LogP contribution in [0, 0.1) is 6.92 Å². The summed E-state index contributed by atoms with van der Waals surface area (Å²) in [6, 6.07) is 14.3. The molecule has 0 aliphatic carbocycles. The van der Waals surface area contributed by atoms with E-state index in [-0.39, 0.29) is 5.69 Å². The molecule has 0 saturated heterocycles. The molecule has 116 valence electrons. The molecule has 0 aliphatic rings. The largest absolute Gasteiger partial charge is 0.476 e. The van der Waals surface area contributed by atoms with Gasteiger partial charge >= 0.3 is 5.97 Å². The molecule has 0 amide bonds. The second-order valence-corrected chi connectivity index (χ2v) is 5.84. The Labute approximate surface area is 142 Å². The number of aromatic carboxylic acids is 1. The zero-order valence-corrected chi connectivity index (χ0v) is 13.6. The lowest BCUT2D eigenvalue weighted by atomic mass is 10.1. The van der Waals surface area contributed by atoms with Gasteiger partial charge in [0.25, 0.3) is 0 Å². The zero-order chi connectivity index (χ0) is 16.6. The first-order valence-corrected chi connectivity index (χ1v) is 7.58. The van der Waals surface area contributed by atoms with E-state index in [1.165, 1.54) is 0 Å². The SMILES string of the molecule is Cc1c(C(=O)O)nn(-c2ccccc2Cl)c1-c1ccc(Cl)cc1. The van der Waals surface area contributed by atoms with E-state index in [1.54, 1.807) is 35.9 Å². The fourth-order valence-electron chi connectivity index (χ4n) is 2.44. The van der Waals surface area contributed by atoms with Gasteiger partial charge in [-0.25, -0.2) is 9.48 Å². The molecule has 0 fully saturated rings. The highest BCUT2D eigenvalue weighted by atomic mass is 35.5. The van der Waals surface area contributed by atoms with Crippen LogP contribution in [0.1, 0.15) is 16.1 Å². The minimum atomic E-state index is -1.08. The number of carboxylic acid groups (broad SMARTS) is 1. The topological polar surface area (TPSA) is 55.1 Å². The molecule has 0 spiro atoms. The lowest BCUT2D eigenvalue weighted by Gasteiger charge is -2.10. The second kappa shape index (κ2) is 6.07. The molecule has 1 N–H and O–H groups in total. The third-order valence-corrected chi connectivity index (χ3v) is 4.09. The molecule has 1 aromatic heterocycles. The van der Waals surface area contributed by atoms with Crippen LogP contribution in [0.3, 0.4) is 0 Å². The molecule has 3 rings (SSSR count). The standard InChI is InChI=1S/C17H12Cl2N2O2/c1-10-15(17(22)23)20-21(14-5-3-2-4-13(14)19)16(10)11-6-8-12(18)9-7-11/h2-9H,1H3,(H,22,23). The maximum absolute atomic E-state index is 11.5. The molecule has 1 heterocycles. The molecular formula is C17H12Cl2N2O2. The summed E-state index contributed by atoms with van der Waals surface area (Å²) < 4.78 is 1.56. The molecule has 0 radical (unpaired) electrons. The van der Waals surface area contributed by atoms with E-state index in [9.17, 15) is 9.90 Å². The lowest BCUT2D eigenvalue weighted by Crippen LogP contribution is -2.03. The number of carboxylic acids is 1. The monoisotopic (exact) mass is 346 g/mol. The van der Waals surface area contributed by atoms with Gasteiger partial charge in [0.2, 0.25) is 0 Å². The van der Waals surface area contributed by atoms with Crippen molar-refractivity contribution in [2.24, 2.45) is 0 Å². The van der Waals surface area contributed by atoms with Crippen LogP contribution < -0.4 is 0 Å². The smallest absolute Gasteiger partial charge is 0.356 e. The number of aromatic nitrogens is 2. The van der Waals surface area contributed by atoms with Crippen LogP contribution in [0.25, 0.3) is 16.9 Å². The van der Waals surface area contributed by atoms with Crippen LogP contribution in [0.2, 0.25) is 10.0 Å². The maximum Gasteiger partial charge on any atom is 0.356 e. The Bertz CT molecular complexity index is 886. The predicted molar refractivity (Wildman–Crippen MR) is 90.7 cm³/mol. The average Bonchev–Trinajstić information content (AvgIpc) is 2.86. The molecule has 0 atom stereocenters. The Balaban J connectivity index is 2.31. The summed E-state index contributed by atoms with van der Waals surface area (Å²) >= 11 is 12.2. The molecule has 0 bridgehead atoms. The van der Waals surface area contributed by atoms with E-state index in [4.69, 9.17) is 23.2 Å². The number of hydrogen-bond donors (Lipinski definition) is 1. The molecule has 3 aromatic rings. The number of benzene rings is 2. The van der Waals surface area contributed by atoms with Crippen molar-refractivity contribution in [2.45, 2.75) is 6.92 Å². The van der Waals surface area contributed by atoms with Crippen molar-refractivity contribution in [1.82, 2.24) is 9.78 Å². The van der Waals surface area contributed by atoms with E-state index < -0.39 is 5.97 Å². The number of carbonyl (C=O) groups is 1. The van der Waals surface area contributed by atoms with Gasteiger partial charge in [0.15, 0.2) is 5.69 Å². The Morgan fingerprint density at radius 2 is 1.74 bits per heavy atom. The molecule has 23 heavy (non-hydrogen) atoms. The van der Waals surface area contributed by atoms with Crippen LogP contribution in [0.4, 0.5) is 0 Å². The van der Waals surface area contributed by atoms with Gasteiger partial charge in [-0.15, -0.1) is 0 Å². The van der Waals surface area contributed by atoms with Crippen molar-refractivity contribution in [1.29, 1.82) is 0 Å². The normalized spacial score (nSPS) is 10.7. The summed E-state index contributed by atoms with van der Waals surface area (Å²) in [7, 11) is 0. The third kappa shape index (κ3) is 2.83. The van der Waals surface area contributed by atoms with Gasteiger partial charge in [-0.2, -0.15) is 5.10 Å². The van der Waals surface area contributed by atoms with E-state index in [2.05, 4.69) is 5.10 Å². The minimum Gasteiger partial charge on any atom is -0.476 e. The first kappa shape index (κ1) is 15.6. The van der Waals surface area contributed by atoms with Gasteiger partial charge < -0.3 is 5.11 Å². The Morgan fingerprint density at radius 3 is 2.35 bits per heavy atom. The van der Waals surface area contributed by atoms with Crippen molar-refractivity contribution in [3.63, 3.8) is 0 Å². The Kier molecular flexibility index (Phi) is 4.11. The Morgan fingerprint density at radius 1 is 1.09 bits per heavy atom. The Hall–Kier alpha value is -2.30. The van der Waals surface area contributed by atoms with Crippen molar-refractivity contribution in [2.75, 3.05) is 0 Å². The zero-order valence-electron chi connectivity index (χ0n) is 12.1. The van der Waals surface area contributed by atoms with E-state index in [0.29, 0.717) is 27.0 Å². The van der Waals surface area contributed by atoms with Gasteiger partial charge in [0.05, 0.1) is 16.4 Å². The predicted octanol–water partition coefficient (Wildman–Crippen LogP) is 4.85. The average molecular weight is 347 g/mol. The summed E-state index contributed by atoms with van der Waals surface area (Å²) in [4.78, 5) is 11.5. The first-order chi connectivity index (χ1) is 11.0. The van der Waals surface area contributed by atoms with E-state index >= 15 is 0 Å². The lowest BCUT2D eigenvalue weighted by molar-refractivity contribution is 0.0689. The van der Waals surface area contributed by atoms with Crippen LogP contribution in [-0.4, -0.2) is 20.9 Å². The fraction of sp³-hybridized carbons (Fsp3) is 0.0588. The molecule has 4 nitrogen and oxygen atoms in total. The highest BCUT2D eigenvalue weighted by Crippen LogP contribution is 2.31. The fourth-order valence-corrected chi connectivity index (χ4v) is 2.79. The van der Waals surface area contributed by atoms with E-state index in [1.807, 2.05) is 24.3 Å². The summed E-state index contributed by atoms with van der Waals surface area (Å²) in [5.74, 6) is -1.08. The molecule has 0 saturated carbocycles. The van der Waals surface area contributed by atoms with Gasteiger partial charge in [-0.3, -0.25) is 0 Å². The quantitative estimate of drug-likeness (QED) is 0.737. The number of para-hydroxylation sites is 1. The van der Waals surface area contributed by atoms with Gasteiger partial charge in [-0.1, -0.05) is 47.5 Å². The highest BCUT2D eigenvalue weighted by molar-refractivity contribution is 6.32. The molecule has 0 unspecified atom stereocenters. The molecular weight excluding hydrogens is 335 g/mol. The molecule has 2 aromatic carbocycles. The van der Waals surface area contributed by atoms with Gasteiger partial charge in [-0.05, 0) is 31.2 Å². The van der Waals surface area contributed by atoms with Crippen molar-refractivity contribution < 1.29 is 9.90 Å². The summed E-state index contributed by atoms with van der Waals surface area (Å²) in [5, 5.41) is 14.7. The second-order valence-electron chi connectivity index (χ2n) is 5.00.